The smallest absolute Gasteiger partial charge is 0.328 e. The SMILES string of the molecule is CCCCC1C=CC=C(F)C1CCNC(=O)NS(=O)(=O)c1ccc(C)cc1. The van der Waals surface area contributed by atoms with E-state index >= 15 is 0 Å². The molecule has 0 radical (unpaired) electrons. The number of carbonyl (C=O) groups is 1. The topological polar surface area (TPSA) is 75.3 Å². The summed E-state index contributed by atoms with van der Waals surface area (Å²) in [5.41, 5.74) is 0.924. The minimum absolute atomic E-state index is 0.0225. The lowest BCUT2D eigenvalue weighted by molar-refractivity contribution is 0.243. The molecule has 2 unspecified atom stereocenters. The minimum atomic E-state index is -3.92. The highest BCUT2D eigenvalue weighted by atomic mass is 32.2. The molecule has 0 heterocycles. The second-order valence-electron chi connectivity index (χ2n) is 6.81. The highest BCUT2D eigenvalue weighted by Gasteiger charge is 2.25. The maximum atomic E-state index is 14.2. The summed E-state index contributed by atoms with van der Waals surface area (Å²) in [6.45, 7) is 4.13. The summed E-state index contributed by atoms with van der Waals surface area (Å²) >= 11 is 0. The standard InChI is InChI=1S/C20H27FN2O3S/c1-3-4-6-16-7-5-8-19(21)18(16)13-14-22-20(24)23-27(25,26)17-11-9-15(2)10-12-17/h5,7-12,16,18H,3-4,6,13-14H2,1-2H3,(H2,22,23,24). The molecule has 2 N–H and O–H groups in total. The Hall–Kier alpha value is -2.15. The Morgan fingerprint density at radius 2 is 1.89 bits per heavy atom. The molecule has 5 nitrogen and oxygen atoms in total. The fourth-order valence-corrected chi connectivity index (χ4v) is 4.05. The lowest BCUT2D eigenvalue weighted by Crippen LogP contribution is -2.40. The maximum absolute atomic E-state index is 14.2. The van der Waals surface area contributed by atoms with E-state index in [2.05, 4.69) is 12.2 Å². The molecule has 0 fully saturated rings. The van der Waals surface area contributed by atoms with Crippen molar-refractivity contribution in [2.24, 2.45) is 11.8 Å². The van der Waals surface area contributed by atoms with Gasteiger partial charge in [0.25, 0.3) is 10.0 Å². The van der Waals surface area contributed by atoms with Crippen LogP contribution in [0.3, 0.4) is 0 Å². The number of sulfonamides is 1. The van der Waals surface area contributed by atoms with Crippen molar-refractivity contribution in [3.05, 3.63) is 53.9 Å². The van der Waals surface area contributed by atoms with Crippen molar-refractivity contribution in [1.29, 1.82) is 0 Å². The third kappa shape index (κ3) is 6.20. The van der Waals surface area contributed by atoms with Gasteiger partial charge in [0.2, 0.25) is 0 Å². The van der Waals surface area contributed by atoms with Crippen LogP contribution in [0.2, 0.25) is 0 Å². The summed E-state index contributed by atoms with van der Waals surface area (Å²) in [5.74, 6) is -0.361. The molecule has 0 aromatic heterocycles. The highest BCUT2D eigenvalue weighted by Crippen LogP contribution is 2.33. The number of aryl methyl sites for hydroxylation is 1. The Bertz CT molecular complexity index is 801. The lowest BCUT2D eigenvalue weighted by atomic mass is 9.82. The van der Waals surface area contributed by atoms with Crippen molar-refractivity contribution in [3.63, 3.8) is 0 Å². The van der Waals surface area contributed by atoms with Crippen LogP contribution in [-0.4, -0.2) is 21.0 Å². The van der Waals surface area contributed by atoms with E-state index in [0.717, 1.165) is 24.8 Å². The Kier molecular flexibility index (Phi) is 7.59. The maximum Gasteiger partial charge on any atom is 0.328 e. The van der Waals surface area contributed by atoms with E-state index in [4.69, 9.17) is 0 Å². The third-order valence-corrected chi connectivity index (χ3v) is 6.02. The molecule has 0 bridgehead atoms. The van der Waals surface area contributed by atoms with Crippen LogP contribution in [0.1, 0.15) is 38.2 Å². The molecule has 1 aromatic rings. The zero-order chi connectivity index (χ0) is 19.9. The molecule has 2 atom stereocenters. The Morgan fingerprint density at radius 1 is 1.19 bits per heavy atom. The van der Waals surface area contributed by atoms with E-state index in [-0.39, 0.29) is 29.1 Å². The third-order valence-electron chi connectivity index (χ3n) is 4.68. The molecule has 0 aliphatic heterocycles. The van der Waals surface area contributed by atoms with Gasteiger partial charge in [0.05, 0.1) is 4.90 Å². The van der Waals surface area contributed by atoms with Gasteiger partial charge < -0.3 is 5.32 Å². The Labute approximate surface area is 160 Å². The number of unbranched alkanes of at least 4 members (excludes halogenated alkanes) is 1. The van der Waals surface area contributed by atoms with Crippen LogP contribution in [0.15, 0.2) is 53.2 Å². The van der Waals surface area contributed by atoms with E-state index in [0.29, 0.717) is 6.42 Å². The quantitative estimate of drug-likeness (QED) is 0.693. The van der Waals surface area contributed by atoms with Gasteiger partial charge in [-0.1, -0.05) is 49.6 Å². The van der Waals surface area contributed by atoms with Gasteiger partial charge in [-0.05, 0) is 43.9 Å². The zero-order valence-electron chi connectivity index (χ0n) is 15.7. The molecule has 2 rings (SSSR count). The predicted octanol–water partition coefficient (Wildman–Crippen LogP) is 4.22. The highest BCUT2D eigenvalue weighted by molar-refractivity contribution is 7.90. The van der Waals surface area contributed by atoms with Gasteiger partial charge in [-0.3, -0.25) is 0 Å². The van der Waals surface area contributed by atoms with E-state index in [1.807, 2.05) is 17.7 Å². The molecule has 7 heteroatoms. The van der Waals surface area contributed by atoms with Gasteiger partial charge in [-0.2, -0.15) is 0 Å². The first-order valence-corrected chi connectivity index (χ1v) is 10.7. The number of rotatable bonds is 8. The Balaban J connectivity index is 1.86. The second-order valence-corrected chi connectivity index (χ2v) is 8.49. The molecule has 2 amide bonds. The fraction of sp³-hybridized carbons (Fsp3) is 0.450. The number of hydrogen-bond donors (Lipinski definition) is 2. The lowest BCUT2D eigenvalue weighted by Gasteiger charge is -2.26. The van der Waals surface area contributed by atoms with Crippen LogP contribution >= 0.6 is 0 Å². The van der Waals surface area contributed by atoms with Gasteiger partial charge in [0.1, 0.15) is 5.83 Å². The van der Waals surface area contributed by atoms with Gasteiger partial charge in [0, 0.05) is 12.5 Å². The van der Waals surface area contributed by atoms with E-state index in [1.54, 1.807) is 18.2 Å². The molecule has 0 saturated heterocycles. The van der Waals surface area contributed by atoms with Crippen molar-refractivity contribution in [3.8, 4) is 0 Å². The predicted molar refractivity (Wildman–Crippen MR) is 104 cm³/mol. The van der Waals surface area contributed by atoms with Gasteiger partial charge >= 0.3 is 6.03 Å². The first-order valence-electron chi connectivity index (χ1n) is 9.24. The molecule has 1 aliphatic carbocycles. The van der Waals surface area contributed by atoms with Gasteiger partial charge in [-0.15, -0.1) is 0 Å². The number of halogens is 1. The van der Waals surface area contributed by atoms with E-state index in [9.17, 15) is 17.6 Å². The van der Waals surface area contributed by atoms with Gasteiger partial charge in [-0.25, -0.2) is 22.3 Å². The number of carbonyl (C=O) groups excluding carboxylic acids is 1. The Morgan fingerprint density at radius 3 is 2.56 bits per heavy atom. The number of benzene rings is 1. The van der Waals surface area contributed by atoms with Crippen molar-refractivity contribution in [2.75, 3.05) is 6.54 Å². The number of allylic oxidation sites excluding steroid dienone is 4. The van der Waals surface area contributed by atoms with Crippen LogP contribution in [-0.2, 0) is 10.0 Å². The summed E-state index contributed by atoms with van der Waals surface area (Å²) in [5, 5.41) is 2.52. The van der Waals surface area contributed by atoms with Crippen molar-refractivity contribution in [1.82, 2.24) is 10.0 Å². The van der Waals surface area contributed by atoms with Crippen molar-refractivity contribution >= 4 is 16.1 Å². The van der Waals surface area contributed by atoms with Gasteiger partial charge in [0.15, 0.2) is 0 Å². The molecular weight excluding hydrogens is 367 g/mol. The number of urea groups is 1. The molecule has 1 aliphatic rings. The fourth-order valence-electron chi connectivity index (χ4n) is 3.12. The summed E-state index contributed by atoms with van der Waals surface area (Å²) in [4.78, 5) is 12.0. The zero-order valence-corrected chi connectivity index (χ0v) is 16.6. The normalized spacial score (nSPS) is 19.4. The summed E-state index contributed by atoms with van der Waals surface area (Å²) < 4.78 is 40.5. The van der Waals surface area contributed by atoms with Crippen LogP contribution in [0.25, 0.3) is 0 Å². The summed E-state index contributed by atoms with van der Waals surface area (Å²) in [6.07, 6.45) is 8.56. The van der Waals surface area contributed by atoms with Crippen LogP contribution in [0.5, 0.6) is 0 Å². The first-order chi connectivity index (χ1) is 12.8. The van der Waals surface area contributed by atoms with Crippen molar-refractivity contribution < 1.29 is 17.6 Å². The minimum Gasteiger partial charge on any atom is -0.337 e. The second kappa shape index (κ2) is 9.69. The average Bonchev–Trinajstić information content (AvgIpc) is 2.61. The van der Waals surface area contributed by atoms with Crippen LogP contribution in [0, 0.1) is 18.8 Å². The summed E-state index contributed by atoms with van der Waals surface area (Å²) in [7, 11) is -3.92. The summed E-state index contributed by atoms with van der Waals surface area (Å²) in [6, 6.07) is 5.40. The monoisotopic (exact) mass is 394 g/mol. The molecule has 148 valence electrons. The van der Waals surface area contributed by atoms with Crippen molar-refractivity contribution in [2.45, 2.75) is 44.4 Å². The largest absolute Gasteiger partial charge is 0.337 e. The molecule has 0 saturated carbocycles. The van der Waals surface area contributed by atoms with E-state index in [1.165, 1.54) is 18.2 Å². The molecule has 0 spiro atoms. The first kappa shape index (κ1) is 21.2. The van der Waals surface area contributed by atoms with Crippen LogP contribution < -0.4 is 10.0 Å². The van der Waals surface area contributed by atoms with E-state index < -0.39 is 16.1 Å². The number of nitrogens with one attached hydrogen (secondary N) is 2. The molecule has 27 heavy (non-hydrogen) atoms. The number of hydrogen-bond acceptors (Lipinski definition) is 3. The molecule has 1 aromatic carbocycles. The number of amides is 2. The molecular formula is C20H27FN2O3S. The average molecular weight is 395 g/mol. The van der Waals surface area contributed by atoms with Crippen LogP contribution in [0.4, 0.5) is 9.18 Å².